The molecule has 200 valence electrons. The van der Waals surface area contributed by atoms with Crippen molar-refractivity contribution in [3.63, 3.8) is 0 Å². The van der Waals surface area contributed by atoms with Crippen LogP contribution in [0.5, 0.6) is 5.88 Å². The SMILES string of the molecule is Nc1ncc(-c2ccc(C(=O)N3CCCC3CN3CCCC3)cc2)nc1OCCc1c(F)ccc(F)c1Cl. The van der Waals surface area contributed by atoms with E-state index < -0.39 is 11.6 Å². The zero-order valence-corrected chi connectivity index (χ0v) is 21.8. The summed E-state index contributed by atoms with van der Waals surface area (Å²) in [5.74, 6) is -1.10. The van der Waals surface area contributed by atoms with Crippen molar-refractivity contribution in [3.05, 3.63) is 70.4 Å². The van der Waals surface area contributed by atoms with E-state index in [1.165, 1.54) is 19.0 Å². The van der Waals surface area contributed by atoms with Crippen LogP contribution in [0.4, 0.5) is 14.6 Å². The minimum Gasteiger partial charge on any atom is -0.475 e. The van der Waals surface area contributed by atoms with Gasteiger partial charge in [-0.25, -0.2) is 18.7 Å². The third-order valence-corrected chi connectivity index (χ3v) is 7.64. The van der Waals surface area contributed by atoms with Crippen LogP contribution in [0.2, 0.25) is 5.02 Å². The number of hydrogen-bond donors (Lipinski definition) is 1. The summed E-state index contributed by atoms with van der Waals surface area (Å²) in [6, 6.07) is 9.52. The van der Waals surface area contributed by atoms with Crippen LogP contribution < -0.4 is 10.5 Å². The topological polar surface area (TPSA) is 84.6 Å². The molecular formula is C28H30ClF2N5O2. The van der Waals surface area contributed by atoms with Crippen LogP contribution in [0.3, 0.4) is 0 Å². The zero-order valence-electron chi connectivity index (χ0n) is 21.0. The lowest BCUT2D eigenvalue weighted by molar-refractivity contribution is 0.0709. The second-order valence-electron chi connectivity index (χ2n) is 9.75. The van der Waals surface area contributed by atoms with Gasteiger partial charge in [0.1, 0.15) is 11.6 Å². The number of amides is 1. The van der Waals surface area contributed by atoms with Gasteiger partial charge in [0.2, 0.25) is 0 Å². The Morgan fingerprint density at radius 2 is 1.79 bits per heavy atom. The maximum Gasteiger partial charge on any atom is 0.257 e. The average Bonchev–Trinajstić information content (AvgIpc) is 3.62. The molecule has 38 heavy (non-hydrogen) atoms. The van der Waals surface area contributed by atoms with E-state index in [4.69, 9.17) is 22.1 Å². The first-order valence-electron chi connectivity index (χ1n) is 12.9. The number of benzene rings is 2. The van der Waals surface area contributed by atoms with Crippen molar-refractivity contribution in [1.82, 2.24) is 19.8 Å². The molecule has 3 aromatic rings. The maximum atomic E-state index is 14.0. The number of likely N-dealkylation sites (tertiary alicyclic amines) is 2. The van der Waals surface area contributed by atoms with Crippen molar-refractivity contribution in [2.75, 3.05) is 38.5 Å². The number of anilines is 1. The normalized spacial score (nSPS) is 17.8. The number of carbonyl (C=O) groups excluding carboxylic acids is 1. The summed E-state index contributed by atoms with van der Waals surface area (Å²) < 4.78 is 33.3. The van der Waals surface area contributed by atoms with Gasteiger partial charge in [-0.15, -0.1) is 0 Å². The molecule has 2 saturated heterocycles. The van der Waals surface area contributed by atoms with Crippen molar-refractivity contribution in [2.24, 2.45) is 0 Å². The predicted molar refractivity (Wildman–Crippen MR) is 142 cm³/mol. The van der Waals surface area contributed by atoms with E-state index in [9.17, 15) is 13.6 Å². The Morgan fingerprint density at radius 1 is 1.05 bits per heavy atom. The van der Waals surface area contributed by atoms with Crippen LogP contribution in [0.25, 0.3) is 11.3 Å². The van der Waals surface area contributed by atoms with Crippen molar-refractivity contribution >= 4 is 23.3 Å². The lowest BCUT2D eigenvalue weighted by atomic mass is 10.1. The molecule has 1 aromatic heterocycles. The Balaban J connectivity index is 1.24. The molecule has 10 heteroatoms. The molecule has 0 saturated carbocycles. The second kappa shape index (κ2) is 11.6. The van der Waals surface area contributed by atoms with Crippen LogP contribution in [0, 0.1) is 11.6 Å². The first-order valence-corrected chi connectivity index (χ1v) is 13.3. The van der Waals surface area contributed by atoms with E-state index >= 15 is 0 Å². The average molecular weight is 542 g/mol. The van der Waals surface area contributed by atoms with Crippen molar-refractivity contribution in [2.45, 2.75) is 38.1 Å². The molecule has 2 fully saturated rings. The summed E-state index contributed by atoms with van der Waals surface area (Å²) in [6.07, 6.45) is 6.10. The minimum absolute atomic E-state index is 0.0234. The van der Waals surface area contributed by atoms with Crippen molar-refractivity contribution in [1.29, 1.82) is 0 Å². The van der Waals surface area contributed by atoms with Gasteiger partial charge in [0.25, 0.3) is 11.8 Å². The van der Waals surface area contributed by atoms with E-state index in [1.54, 1.807) is 12.1 Å². The number of nitrogens with two attached hydrogens (primary N) is 1. The number of aromatic nitrogens is 2. The van der Waals surface area contributed by atoms with Gasteiger partial charge < -0.3 is 20.3 Å². The fourth-order valence-corrected chi connectivity index (χ4v) is 5.43. The summed E-state index contributed by atoms with van der Waals surface area (Å²) in [4.78, 5) is 26.3. The molecule has 1 atom stereocenters. The minimum atomic E-state index is -0.696. The highest BCUT2D eigenvalue weighted by molar-refractivity contribution is 6.31. The van der Waals surface area contributed by atoms with Crippen LogP contribution in [0.15, 0.2) is 42.6 Å². The molecule has 7 nitrogen and oxygen atoms in total. The van der Waals surface area contributed by atoms with Gasteiger partial charge in [-0.1, -0.05) is 23.7 Å². The summed E-state index contributed by atoms with van der Waals surface area (Å²) in [5, 5.41) is -0.271. The molecule has 5 rings (SSSR count). The Morgan fingerprint density at radius 3 is 2.55 bits per heavy atom. The van der Waals surface area contributed by atoms with Gasteiger partial charge in [-0.2, -0.15) is 0 Å². The fourth-order valence-electron chi connectivity index (χ4n) is 5.18. The molecule has 0 spiro atoms. The quantitative estimate of drug-likeness (QED) is 0.405. The Hall–Kier alpha value is -3.30. The Kier molecular flexibility index (Phi) is 8.04. The Labute approximate surface area is 225 Å². The molecule has 1 unspecified atom stereocenters. The lowest BCUT2D eigenvalue weighted by Crippen LogP contribution is -2.42. The van der Waals surface area contributed by atoms with E-state index in [-0.39, 0.29) is 47.3 Å². The third-order valence-electron chi connectivity index (χ3n) is 7.23. The molecular weight excluding hydrogens is 512 g/mol. The van der Waals surface area contributed by atoms with Gasteiger partial charge in [0.15, 0.2) is 5.82 Å². The number of ether oxygens (including phenoxy) is 1. The molecule has 3 heterocycles. The van der Waals surface area contributed by atoms with Crippen molar-refractivity contribution < 1.29 is 18.3 Å². The van der Waals surface area contributed by atoms with Gasteiger partial charge >= 0.3 is 0 Å². The largest absolute Gasteiger partial charge is 0.475 e. The number of rotatable bonds is 8. The number of nitrogen functional groups attached to an aromatic ring is 1. The standard InChI is InChI=1S/C28H30ClF2N5O2/c29-25-21(22(30)9-10-23(25)31)11-15-38-27-26(32)33-16-24(34-27)18-5-7-19(8-6-18)28(37)36-14-3-4-20(36)17-35-12-1-2-13-35/h5-10,16,20H,1-4,11-15,17H2,(H2,32,33). The predicted octanol–water partition coefficient (Wildman–Crippen LogP) is 4.98. The lowest BCUT2D eigenvalue weighted by Gasteiger charge is -2.28. The maximum absolute atomic E-state index is 14.0. The zero-order chi connectivity index (χ0) is 26.6. The van der Waals surface area contributed by atoms with Crippen LogP contribution in [-0.2, 0) is 6.42 Å². The van der Waals surface area contributed by atoms with Crippen LogP contribution in [0.1, 0.15) is 41.6 Å². The molecule has 0 bridgehead atoms. The molecule has 0 aliphatic carbocycles. The number of nitrogens with zero attached hydrogens (tertiary/aromatic N) is 4. The highest BCUT2D eigenvalue weighted by Gasteiger charge is 2.31. The molecule has 0 radical (unpaired) electrons. The monoisotopic (exact) mass is 541 g/mol. The van der Waals surface area contributed by atoms with Gasteiger partial charge in [-0.05, 0) is 63.0 Å². The van der Waals surface area contributed by atoms with E-state index in [0.717, 1.165) is 56.7 Å². The third kappa shape index (κ3) is 5.73. The molecule has 2 aliphatic heterocycles. The van der Waals surface area contributed by atoms with Crippen LogP contribution >= 0.6 is 11.6 Å². The van der Waals surface area contributed by atoms with E-state index in [0.29, 0.717) is 11.3 Å². The second-order valence-corrected chi connectivity index (χ2v) is 10.1. The van der Waals surface area contributed by atoms with Crippen LogP contribution in [-0.4, -0.2) is 64.5 Å². The fraction of sp³-hybridized carbons (Fsp3) is 0.393. The summed E-state index contributed by atoms with van der Waals surface area (Å²) >= 11 is 5.89. The first-order chi connectivity index (χ1) is 18.4. The summed E-state index contributed by atoms with van der Waals surface area (Å²) in [7, 11) is 0. The first kappa shape index (κ1) is 26.3. The van der Waals surface area contributed by atoms with Crippen molar-refractivity contribution in [3.8, 4) is 17.1 Å². The number of halogens is 3. The molecule has 1 amide bonds. The van der Waals surface area contributed by atoms with Gasteiger partial charge in [0.05, 0.1) is 23.5 Å². The number of carbonyl (C=O) groups is 1. The van der Waals surface area contributed by atoms with E-state index in [2.05, 4.69) is 14.9 Å². The molecule has 2 aliphatic rings. The molecule has 2 aromatic carbocycles. The Bertz CT molecular complexity index is 1300. The molecule has 2 N–H and O–H groups in total. The summed E-state index contributed by atoms with van der Waals surface area (Å²) in [5.41, 5.74) is 7.84. The van der Waals surface area contributed by atoms with Gasteiger partial charge in [-0.3, -0.25) is 4.79 Å². The summed E-state index contributed by atoms with van der Waals surface area (Å²) in [6.45, 7) is 3.96. The highest BCUT2D eigenvalue weighted by atomic mass is 35.5. The number of hydrogen-bond acceptors (Lipinski definition) is 6. The van der Waals surface area contributed by atoms with E-state index in [1.807, 2.05) is 17.0 Å². The highest BCUT2D eigenvalue weighted by Crippen LogP contribution is 2.27. The smallest absolute Gasteiger partial charge is 0.257 e. The van der Waals surface area contributed by atoms with Gasteiger partial charge in [0, 0.05) is 42.2 Å².